The summed E-state index contributed by atoms with van der Waals surface area (Å²) in [6.07, 6.45) is 2.85. The Kier molecular flexibility index (Phi) is 9.25. The van der Waals surface area contributed by atoms with Crippen molar-refractivity contribution < 1.29 is 19.1 Å². The molecule has 0 atom stereocenters. The highest BCUT2D eigenvalue weighted by molar-refractivity contribution is 5.85. The molecule has 7 nitrogen and oxygen atoms in total. The topological polar surface area (TPSA) is 82.5 Å². The second-order valence-corrected chi connectivity index (χ2v) is 10.9. The number of aromatic nitrogens is 2. The standard InChI is InChI=1S/C33H39N3O4/c1-6-8-13-31-35-28-20-25(34-21-26(37)7-2)18-19-29(28)36(31)22-23-14-16-24(17-15-23)27-11-9-10-12-30(27)39-32(38)40-33(3,4)5/h9-12,14-20,34H,6-8,13,21-22H2,1-5H3. The zero-order valence-electron chi connectivity index (χ0n) is 24.1. The van der Waals surface area contributed by atoms with Crippen molar-refractivity contribution in [2.24, 2.45) is 0 Å². The van der Waals surface area contributed by atoms with Gasteiger partial charge >= 0.3 is 6.16 Å². The summed E-state index contributed by atoms with van der Waals surface area (Å²) < 4.78 is 13.2. The highest BCUT2D eigenvalue weighted by atomic mass is 16.7. The molecule has 1 aromatic heterocycles. The van der Waals surface area contributed by atoms with Crippen molar-refractivity contribution in [2.75, 3.05) is 11.9 Å². The van der Waals surface area contributed by atoms with Crippen LogP contribution in [-0.4, -0.2) is 33.6 Å². The van der Waals surface area contributed by atoms with Gasteiger partial charge in [-0.1, -0.05) is 62.7 Å². The number of hydrogen-bond acceptors (Lipinski definition) is 6. The number of nitrogens with zero attached hydrogens (tertiary/aromatic N) is 2. The Balaban J connectivity index is 1.56. The van der Waals surface area contributed by atoms with Crippen molar-refractivity contribution in [1.82, 2.24) is 9.55 Å². The smallest absolute Gasteiger partial charge is 0.428 e. The fraction of sp³-hybridized carbons (Fsp3) is 0.364. The van der Waals surface area contributed by atoms with Crippen LogP contribution in [0.2, 0.25) is 0 Å². The number of aryl methyl sites for hydroxylation is 1. The van der Waals surface area contributed by atoms with Crippen LogP contribution in [0.3, 0.4) is 0 Å². The van der Waals surface area contributed by atoms with Gasteiger partial charge in [-0.2, -0.15) is 0 Å². The lowest BCUT2D eigenvalue weighted by Gasteiger charge is -2.19. The summed E-state index contributed by atoms with van der Waals surface area (Å²) >= 11 is 0. The van der Waals surface area contributed by atoms with Gasteiger partial charge < -0.3 is 19.4 Å². The van der Waals surface area contributed by atoms with Crippen LogP contribution in [0.4, 0.5) is 10.5 Å². The molecule has 0 radical (unpaired) electrons. The third kappa shape index (κ3) is 7.50. The molecule has 0 aliphatic carbocycles. The summed E-state index contributed by atoms with van der Waals surface area (Å²) in [6, 6.07) is 21.9. The molecule has 0 bridgehead atoms. The highest BCUT2D eigenvalue weighted by Crippen LogP contribution is 2.31. The second-order valence-electron chi connectivity index (χ2n) is 10.9. The van der Waals surface area contributed by atoms with Gasteiger partial charge in [0.05, 0.1) is 17.6 Å². The molecule has 0 saturated heterocycles. The number of nitrogens with one attached hydrogen (secondary N) is 1. The summed E-state index contributed by atoms with van der Waals surface area (Å²) in [4.78, 5) is 29.0. The quantitative estimate of drug-likeness (QED) is 0.154. The number of rotatable bonds is 11. The number of para-hydroxylation sites is 1. The van der Waals surface area contributed by atoms with Gasteiger partial charge in [0.1, 0.15) is 17.2 Å². The van der Waals surface area contributed by atoms with Crippen LogP contribution in [0, 0.1) is 0 Å². The van der Waals surface area contributed by atoms with Crippen LogP contribution in [-0.2, 0) is 22.5 Å². The number of fused-ring (bicyclic) bond motifs is 1. The fourth-order valence-corrected chi connectivity index (χ4v) is 4.44. The molecular weight excluding hydrogens is 502 g/mol. The van der Waals surface area contributed by atoms with Gasteiger partial charge in [0.2, 0.25) is 0 Å². The van der Waals surface area contributed by atoms with Gasteiger partial charge in [-0.25, -0.2) is 9.78 Å². The molecular formula is C33H39N3O4. The number of carbonyl (C=O) groups excluding carboxylic acids is 2. The first kappa shape index (κ1) is 28.9. The van der Waals surface area contributed by atoms with E-state index in [1.54, 1.807) is 6.07 Å². The van der Waals surface area contributed by atoms with Gasteiger partial charge in [0, 0.05) is 30.6 Å². The molecule has 7 heteroatoms. The van der Waals surface area contributed by atoms with Crippen molar-refractivity contribution in [3.8, 4) is 16.9 Å². The van der Waals surface area contributed by atoms with Gasteiger partial charge in [-0.3, -0.25) is 4.79 Å². The van der Waals surface area contributed by atoms with Crippen LogP contribution in [0.1, 0.15) is 65.3 Å². The summed E-state index contributed by atoms with van der Waals surface area (Å²) in [7, 11) is 0. The van der Waals surface area contributed by atoms with E-state index in [2.05, 4.69) is 35.0 Å². The van der Waals surface area contributed by atoms with E-state index in [0.29, 0.717) is 25.3 Å². The molecule has 0 amide bonds. The second kappa shape index (κ2) is 12.8. The van der Waals surface area contributed by atoms with Gasteiger partial charge in [-0.05, 0) is 62.6 Å². The van der Waals surface area contributed by atoms with E-state index in [9.17, 15) is 9.59 Å². The molecule has 0 aliphatic heterocycles. The van der Waals surface area contributed by atoms with Gasteiger partial charge in [0.15, 0.2) is 5.78 Å². The molecule has 0 unspecified atom stereocenters. The first-order valence-corrected chi connectivity index (χ1v) is 14.0. The Morgan fingerprint density at radius 1 is 0.975 bits per heavy atom. The number of hydrogen-bond donors (Lipinski definition) is 1. The number of Topliss-reactive ketones (excluding diaryl/α,β-unsaturated/α-hetero) is 1. The van der Waals surface area contributed by atoms with Crippen molar-refractivity contribution in [3.05, 3.63) is 78.1 Å². The predicted octanol–water partition coefficient (Wildman–Crippen LogP) is 7.80. The van der Waals surface area contributed by atoms with Crippen molar-refractivity contribution in [1.29, 1.82) is 0 Å². The van der Waals surface area contributed by atoms with E-state index < -0.39 is 11.8 Å². The number of imidazole rings is 1. The minimum Gasteiger partial charge on any atom is -0.428 e. The molecule has 1 N–H and O–H groups in total. The van der Waals surface area contributed by atoms with E-state index in [1.165, 1.54) is 0 Å². The van der Waals surface area contributed by atoms with E-state index >= 15 is 0 Å². The Morgan fingerprint density at radius 2 is 1.73 bits per heavy atom. The average Bonchev–Trinajstić information content (AvgIpc) is 3.26. The molecule has 0 saturated carbocycles. The predicted molar refractivity (Wildman–Crippen MR) is 160 cm³/mol. The fourth-order valence-electron chi connectivity index (χ4n) is 4.44. The highest BCUT2D eigenvalue weighted by Gasteiger charge is 2.19. The zero-order chi connectivity index (χ0) is 28.7. The minimum atomic E-state index is -0.724. The normalized spacial score (nSPS) is 11.4. The molecule has 0 spiro atoms. The lowest BCUT2D eigenvalue weighted by Crippen LogP contribution is -2.26. The first-order chi connectivity index (χ1) is 19.2. The van der Waals surface area contributed by atoms with E-state index in [4.69, 9.17) is 14.5 Å². The molecule has 0 aliphatic rings. The summed E-state index contributed by atoms with van der Waals surface area (Å²) in [5, 5.41) is 3.22. The third-order valence-electron chi connectivity index (χ3n) is 6.54. The van der Waals surface area contributed by atoms with Crippen LogP contribution in [0.15, 0.2) is 66.7 Å². The maximum atomic E-state index is 12.3. The first-order valence-electron chi connectivity index (χ1n) is 14.0. The van der Waals surface area contributed by atoms with Crippen LogP contribution in [0.25, 0.3) is 22.2 Å². The third-order valence-corrected chi connectivity index (χ3v) is 6.54. The monoisotopic (exact) mass is 541 g/mol. The molecule has 40 heavy (non-hydrogen) atoms. The molecule has 1 heterocycles. The summed E-state index contributed by atoms with van der Waals surface area (Å²) in [5.74, 6) is 1.69. The lowest BCUT2D eigenvalue weighted by atomic mass is 10.0. The maximum Gasteiger partial charge on any atom is 0.514 e. The Bertz CT molecular complexity index is 1470. The number of ether oxygens (including phenoxy) is 2. The summed E-state index contributed by atoms with van der Waals surface area (Å²) in [5.41, 5.74) is 5.16. The van der Waals surface area contributed by atoms with Crippen molar-refractivity contribution in [2.45, 2.75) is 72.4 Å². The summed E-state index contributed by atoms with van der Waals surface area (Å²) in [6.45, 7) is 10.5. The largest absolute Gasteiger partial charge is 0.514 e. The SMILES string of the molecule is CCCCc1nc2cc(NCC(=O)CC)ccc2n1Cc1ccc(-c2ccccc2OC(=O)OC(C)(C)C)cc1. The lowest BCUT2D eigenvalue weighted by molar-refractivity contribution is -0.117. The Labute approximate surface area is 236 Å². The number of unbranched alkanes of at least 4 members (excludes halogenated alkanes) is 1. The average molecular weight is 542 g/mol. The zero-order valence-corrected chi connectivity index (χ0v) is 24.1. The number of ketones is 1. The Hall–Kier alpha value is -4.13. The number of carbonyl (C=O) groups is 2. The van der Waals surface area contributed by atoms with Crippen LogP contribution in [0.5, 0.6) is 5.75 Å². The van der Waals surface area contributed by atoms with E-state index in [-0.39, 0.29) is 5.78 Å². The molecule has 0 fully saturated rings. The van der Waals surface area contributed by atoms with E-state index in [0.717, 1.165) is 58.5 Å². The Morgan fingerprint density at radius 3 is 2.42 bits per heavy atom. The van der Waals surface area contributed by atoms with Crippen molar-refractivity contribution in [3.63, 3.8) is 0 Å². The van der Waals surface area contributed by atoms with Crippen LogP contribution >= 0.6 is 0 Å². The molecule has 3 aromatic carbocycles. The number of anilines is 1. The van der Waals surface area contributed by atoms with Crippen LogP contribution < -0.4 is 10.1 Å². The molecule has 210 valence electrons. The minimum absolute atomic E-state index is 0.178. The number of benzene rings is 3. The van der Waals surface area contributed by atoms with E-state index in [1.807, 2.05) is 70.2 Å². The van der Waals surface area contributed by atoms with Crippen molar-refractivity contribution >= 4 is 28.7 Å². The molecule has 4 rings (SSSR count). The van der Waals surface area contributed by atoms with Gasteiger partial charge in [-0.15, -0.1) is 0 Å². The molecule has 4 aromatic rings. The maximum absolute atomic E-state index is 12.3. The van der Waals surface area contributed by atoms with Gasteiger partial charge in [0.25, 0.3) is 0 Å².